The maximum atomic E-state index is 11.0. The second-order valence-electron chi connectivity index (χ2n) is 2.07. The van der Waals surface area contributed by atoms with E-state index in [4.69, 9.17) is 5.26 Å². The highest BCUT2D eigenvalue weighted by atomic mass is 16.5. The van der Waals surface area contributed by atoms with E-state index in [2.05, 4.69) is 19.4 Å². The Hall–Kier alpha value is -1.90. The lowest BCUT2D eigenvalue weighted by atomic mass is 10.5. The molecule has 68 valence electrons. The van der Waals surface area contributed by atoms with Crippen LogP contribution in [0, 0.1) is 11.3 Å². The monoisotopic (exact) mass is 181 g/mol. The predicted octanol–water partition coefficient (Wildman–Crippen LogP) is 0.312. The van der Waals surface area contributed by atoms with Gasteiger partial charge in [0.15, 0.2) is 0 Å². The van der Waals surface area contributed by atoms with Crippen LogP contribution in [0.1, 0.15) is 23.4 Å². The molecule has 0 aromatic carbocycles. The summed E-state index contributed by atoms with van der Waals surface area (Å²) in [6.45, 7) is 1.93. The zero-order chi connectivity index (χ0) is 9.68. The summed E-state index contributed by atoms with van der Waals surface area (Å²) < 4.78 is 9.20. The topological polar surface area (TPSA) is 89.0 Å². The minimum absolute atomic E-state index is 0.00753. The summed E-state index contributed by atoms with van der Waals surface area (Å²) >= 11 is 0. The van der Waals surface area contributed by atoms with Crippen molar-refractivity contribution in [2.24, 2.45) is 0 Å². The van der Waals surface area contributed by atoms with E-state index in [1.807, 2.05) is 6.07 Å². The molecule has 1 aromatic heterocycles. The fourth-order valence-corrected chi connectivity index (χ4v) is 0.673. The van der Waals surface area contributed by atoms with Crippen molar-refractivity contribution >= 4 is 5.97 Å². The zero-order valence-corrected chi connectivity index (χ0v) is 6.98. The van der Waals surface area contributed by atoms with Crippen molar-refractivity contribution in [3.63, 3.8) is 0 Å². The molecular weight excluding hydrogens is 174 g/mol. The fraction of sp³-hybridized carbons (Fsp3) is 0.429. The third-order valence-corrected chi connectivity index (χ3v) is 1.16. The minimum atomic E-state index is -0.643. The number of ether oxygens (including phenoxy) is 1. The molecule has 0 saturated carbocycles. The van der Waals surface area contributed by atoms with E-state index >= 15 is 0 Å². The van der Waals surface area contributed by atoms with E-state index in [1.165, 1.54) is 0 Å². The molecule has 0 N–H and O–H groups in total. The molecule has 0 aliphatic carbocycles. The van der Waals surface area contributed by atoms with Gasteiger partial charge in [0.25, 0.3) is 5.82 Å². The lowest BCUT2D eigenvalue weighted by Gasteiger charge is -1.93. The largest absolute Gasteiger partial charge is 0.460 e. The molecule has 1 heterocycles. The molecule has 0 saturated heterocycles. The van der Waals surface area contributed by atoms with Crippen molar-refractivity contribution in [1.29, 1.82) is 5.26 Å². The maximum Gasteiger partial charge on any atom is 0.379 e. The second kappa shape index (κ2) is 4.21. The highest BCUT2D eigenvalue weighted by Gasteiger charge is 2.14. The van der Waals surface area contributed by atoms with Crippen LogP contribution < -0.4 is 0 Å². The Bertz CT molecular complexity index is 339. The van der Waals surface area contributed by atoms with Gasteiger partial charge in [-0.05, 0) is 12.1 Å². The number of rotatable bonds is 3. The van der Waals surface area contributed by atoms with Crippen molar-refractivity contribution in [2.45, 2.75) is 13.3 Å². The second-order valence-corrected chi connectivity index (χ2v) is 2.07. The maximum absolute atomic E-state index is 11.0. The first-order valence-electron chi connectivity index (χ1n) is 3.64. The predicted molar refractivity (Wildman–Crippen MR) is 39.6 cm³/mol. The number of carbonyl (C=O) groups is 1. The van der Waals surface area contributed by atoms with E-state index in [9.17, 15) is 4.79 Å². The van der Waals surface area contributed by atoms with Gasteiger partial charge in [-0.2, -0.15) is 10.2 Å². The lowest BCUT2D eigenvalue weighted by Crippen LogP contribution is -2.06. The molecule has 0 atom stereocenters. The van der Waals surface area contributed by atoms with Gasteiger partial charge < -0.3 is 9.26 Å². The van der Waals surface area contributed by atoms with Crippen LogP contribution in [0.2, 0.25) is 0 Å². The average molecular weight is 181 g/mol. The van der Waals surface area contributed by atoms with Gasteiger partial charge in [-0.1, -0.05) is 0 Å². The highest BCUT2D eigenvalue weighted by Crippen LogP contribution is 1.99. The first-order valence-corrected chi connectivity index (χ1v) is 3.64. The van der Waals surface area contributed by atoms with Crippen molar-refractivity contribution in [3.05, 3.63) is 11.7 Å². The normalized spacial score (nSPS) is 9.23. The third-order valence-electron chi connectivity index (χ3n) is 1.16. The van der Waals surface area contributed by atoms with Crippen LogP contribution in [0.25, 0.3) is 0 Å². The van der Waals surface area contributed by atoms with Crippen molar-refractivity contribution in [3.8, 4) is 6.07 Å². The van der Waals surface area contributed by atoms with Gasteiger partial charge in [0.05, 0.1) is 12.7 Å². The first kappa shape index (κ1) is 9.19. The fourth-order valence-electron chi connectivity index (χ4n) is 0.673. The van der Waals surface area contributed by atoms with E-state index in [-0.39, 0.29) is 24.7 Å². The molecule has 0 aliphatic heterocycles. The molecule has 13 heavy (non-hydrogen) atoms. The number of carbonyl (C=O) groups excluding carboxylic acids is 1. The molecule has 0 spiro atoms. The molecule has 6 heteroatoms. The average Bonchev–Trinajstić information content (AvgIpc) is 2.54. The van der Waals surface area contributed by atoms with Crippen LogP contribution in [0.3, 0.4) is 0 Å². The van der Waals surface area contributed by atoms with E-state index in [1.54, 1.807) is 6.92 Å². The number of hydrogen-bond acceptors (Lipinski definition) is 6. The number of nitriles is 1. The summed E-state index contributed by atoms with van der Waals surface area (Å²) in [5.41, 5.74) is 0. The van der Waals surface area contributed by atoms with Gasteiger partial charge in [0.1, 0.15) is 6.42 Å². The van der Waals surface area contributed by atoms with Crippen LogP contribution in [0.5, 0.6) is 0 Å². The molecule has 1 rings (SSSR count). The molecule has 6 nitrogen and oxygen atoms in total. The summed E-state index contributed by atoms with van der Waals surface area (Å²) in [7, 11) is 0. The first-order chi connectivity index (χ1) is 6.27. The lowest BCUT2D eigenvalue weighted by molar-refractivity contribution is 0.0508. The van der Waals surface area contributed by atoms with Gasteiger partial charge in [0, 0.05) is 0 Å². The minimum Gasteiger partial charge on any atom is -0.460 e. The SMILES string of the molecule is CCOC(=O)c1noc(CC#N)n1. The van der Waals surface area contributed by atoms with E-state index in [0.717, 1.165) is 0 Å². The van der Waals surface area contributed by atoms with E-state index in [0.29, 0.717) is 0 Å². The van der Waals surface area contributed by atoms with Crippen LogP contribution in [0.4, 0.5) is 0 Å². The smallest absolute Gasteiger partial charge is 0.379 e. The van der Waals surface area contributed by atoms with Crippen molar-refractivity contribution in [1.82, 2.24) is 10.1 Å². The molecule has 0 radical (unpaired) electrons. The Morgan fingerprint density at radius 1 is 1.77 bits per heavy atom. The molecule has 0 unspecified atom stereocenters. The van der Waals surface area contributed by atoms with Crippen LogP contribution >= 0.6 is 0 Å². The molecule has 0 aliphatic rings. The third kappa shape index (κ3) is 2.27. The van der Waals surface area contributed by atoms with Crippen LogP contribution in [-0.2, 0) is 11.2 Å². The Morgan fingerprint density at radius 3 is 3.15 bits per heavy atom. The number of aromatic nitrogens is 2. The van der Waals surface area contributed by atoms with Gasteiger partial charge in [0.2, 0.25) is 5.89 Å². The Balaban J connectivity index is 2.69. The number of esters is 1. The quantitative estimate of drug-likeness (QED) is 0.623. The molecule has 1 aromatic rings. The summed E-state index contributed by atoms with van der Waals surface area (Å²) in [6.07, 6.45) is -0.00753. The Kier molecular flexibility index (Phi) is 2.97. The van der Waals surface area contributed by atoms with Crippen LogP contribution in [0.15, 0.2) is 4.52 Å². The van der Waals surface area contributed by atoms with Gasteiger partial charge in [-0.25, -0.2) is 4.79 Å². The molecule has 0 bridgehead atoms. The van der Waals surface area contributed by atoms with Gasteiger partial charge >= 0.3 is 5.97 Å². The summed E-state index contributed by atoms with van der Waals surface area (Å²) in [5, 5.41) is 11.6. The highest BCUT2D eigenvalue weighted by molar-refractivity contribution is 5.84. The Morgan fingerprint density at radius 2 is 2.54 bits per heavy atom. The van der Waals surface area contributed by atoms with Crippen LogP contribution in [-0.4, -0.2) is 22.7 Å². The molecular formula is C7H7N3O3. The number of hydrogen-bond donors (Lipinski definition) is 0. The standard InChI is InChI=1S/C7H7N3O3/c1-2-12-7(11)6-9-5(3-4-8)13-10-6/h2-3H2,1H3. The molecule has 0 amide bonds. The Labute approximate surface area is 74.1 Å². The van der Waals surface area contributed by atoms with Crippen molar-refractivity contribution in [2.75, 3.05) is 6.61 Å². The summed E-state index contributed by atoms with van der Waals surface area (Å²) in [6, 6.07) is 1.82. The summed E-state index contributed by atoms with van der Waals surface area (Å²) in [5.74, 6) is -0.673. The summed E-state index contributed by atoms with van der Waals surface area (Å²) in [4.78, 5) is 14.6. The van der Waals surface area contributed by atoms with Gasteiger partial charge in [-0.3, -0.25) is 0 Å². The van der Waals surface area contributed by atoms with Crippen molar-refractivity contribution < 1.29 is 14.1 Å². The van der Waals surface area contributed by atoms with Gasteiger partial charge in [-0.15, -0.1) is 0 Å². The number of nitrogens with zero attached hydrogens (tertiary/aromatic N) is 3. The van der Waals surface area contributed by atoms with E-state index < -0.39 is 5.97 Å². The zero-order valence-electron chi connectivity index (χ0n) is 6.98. The molecule has 0 fully saturated rings.